The van der Waals surface area contributed by atoms with Gasteiger partial charge in [-0.25, -0.2) is 4.63 Å². The maximum Gasteiger partial charge on any atom is 0.199 e. The summed E-state index contributed by atoms with van der Waals surface area (Å²) in [6.07, 6.45) is 1.55. The van der Waals surface area contributed by atoms with E-state index >= 15 is 0 Å². The Morgan fingerprint density at radius 2 is 2.33 bits per heavy atom. The minimum Gasteiger partial charge on any atom is -0.379 e. The van der Waals surface area contributed by atoms with Crippen molar-refractivity contribution in [1.82, 2.24) is 25.1 Å². The summed E-state index contributed by atoms with van der Waals surface area (Å²) in [5.41, 5.74) is 5.86. The van der Waals surface area contributed by atoms with E-state index in [9.17, 15) is 0 Å². The minimum absolute atomic E-state index is 0.214. The van der Waals surface area contributed by atoms with Gasteiger partial charge in [0.2, 0.25) is 0 Å². The second-order valence-electron chi connectivity index (χ2n) is 2.26. The van der Waals surface area contributed by atoms with Crippen molar-refractivity contribution in [1.29, 1.82) is 0 Å². The summed E-state index contributed by atoms with van der Waals surface area (Å²) in [6, 6.07) is 0. The van der Waals surface area contributed by atoms with Crippen molar-refractivity contribution in [3.05, 3.63) is 6.33 Å². The standard InChI is InChI=1S/C5H6N6O/c1-11-2-7-8-5(11)3-4(6)10-12-9-3/h2H,1H3,(H2,6,10). The highest BCUT2D eigenvalue weighted by molar-refractivity contribution is 5.61. The molecule has 0 spiro atoms. The third-order valence-corrected chi connectivity index (χ3v) is 1.44. The van der Waals surface area contributed by atoms with E-state index in [4.69, 9.17) is 5.73 Å². The van der Waals surface area contributed by atoms with Gasteiger partial charge in [0.1, 0.15) is 6.33 Å². The number of aromatic nitrogens is 5. The van der Waals surface area contributed by atoms with Gasteiger partial charge in [-0.1, -0.05) is 0 Å². The molecule has 0 unspecified atom stereocenters. The fraction of sp³-hybridized carbons (Fsp3) is 0.200. The molecule has 0 amide bonds. The van der Waals surface area contributed by atoms with Crippen LogP contribution in [0.3, 0.4) is 0 Å². The monoisotopic (exact) mass is 166 g/mol. The van der Waals surface area contributed by atoms with Gasteiger partial charge in [-0.3, -0.25) is 0 Å². The number of anilines is 1. The summed E-state index contributed by atoms with van der Waals surface area (Å²) in [5, 5.41) is 14.5. The lowest BCUT2D eigenvalue weighted by Gasteiger charge is -1.92. The third kappa shape index (κ3) is 0.831. The molecule has 7 nitrogen and oxygen atoms in total. The summed E-state index contributed by atoms with van der Waals surface area (Å²) in [7, 11) is 1.78. The van der Waals surface area contributed by atoms with E-state index in [0.29, 0.717) is 11.5 Å². The second-order valence-corrected chi connectivity index (χ2v) is 2.26. The molecule has 2 heterocycles. The van der Waals surface area contributed by atoms with Gasteiger partial charge in [-0.05, 0) is 10.3 Å². The van der Waals surface area contributed by atoms with Gasteiger partial charge in [-0.15, -0.1) is 10.2 Å². The molecule has 0 atom stereocenters. The lowest BCUT2D eigenvalue weighted by molar-refractivity contribution is 0.310. The predicted molar refractivity (Wildman–Crippen MR) is 38.7 cm³/mol. The average molecular weight is 166 g/mol. The maximum atomic E-state index is 5.45. The summed E-state index contributed by atoms with van der Waals surface area (Å²) in [6.45, 7) is 0. The lowest BCUT2D eigenvalue weighted by Crippen LogP contribution is -1.95. The first kappa shape index (κ1) is 6.77. The van der Waals surface area contributed by atoms with Crippen molar-refractivity contribution in [3.63, 3.8) is 0 Å². The molecule has 2 aromatic rings. The van der Waals surface area contributed by atoms with Crippen LogP contribution < -0.4 is 5.73 Å². The van der Waals surface area contributed by atoms with E-state index in [1.165, 1.54) is 0 Å². The van der Waals surface area contributed by atoms with Crippen molar-refractivity contribution >= 4 is 5.82 Å². The van der Waals surface area contributed by atoms with Crippen molar-refractivity contribution in [2.24, 2.45) is 7.05 Å². The first-order chi connectivity index (χ1) is 5.79. The molecule has 0 saturated heterocycles. The van der Waals surface area contributed by atoms with Crippen LogP contribution in [0.2, 0.25) is 0 Å². The van der Waals surface area contributed by atoms with E-state index < -0.39 is 0 Å². The molecule has 2 rings (SSSR count). The number of nitrogen functional groups attached to an aromatic ring is 1. The van der Waals surface area contributed by atoms with E-state index in [1.807, 2.05) is 0 Å². The molecule has 7 heteroatoms. The molecule has 0 bridgehead atoms. The maximum absolute atomic E-state index is 5.45. The van der Waals surface area contributed by atoms with Gasteiger partial charge < -0.3 is 10.3 Å². The summed E-state index contributed by atoms with van der Waals surface area (Å²) < 4.78 is 6.09. The molecule has 0 saturated carbocycles. The molecule has 12 heavy (non-hydrogen) atoms. The second kappa shape index (κ2) is 2.29. The number of rotatable bonds is 1. The van der Waals surface area contributed by atoms with Gasteiger partial charge in [0, 0.05) is 7.05 Å². The lowest BCUT2D eigenvalue weighted by atomic mass is 10.4. The van der Waals surface area contributed by atoms with Crippen LogP contribution in [-0.4, -0.2) is 25.1 Å². The van der Waals surface area contributed by atoms with Crippen molar-refractivity contribution < 1.29 is 4.63 Å². The van der Waals surface area contributed by atoms with E-state index in [0.717, 1.165) is 0 Å². The Bertz CT molecular complexity index is 352. The molecule has 0 aliphatic rings. The molecule has 2 aromatic heterocycles. The zero-order chi connectivity index (χ0) is 8.55. The zero-order valence-corrected chi connectivity index (χ0v) is 6.30. The molecule has 0 aliphatic heterocycles. The predicted octanol–water partition coefficient (Wildman–Crippen LogP) is -0.553. The Kier molecular flexibility index (Phi) is 1.29. The van der Waals surface area contributed by atoms with Crippen molar-refractivity contribution in [2.45, 2.75) is 0 Å². The topological polar surface area (TPSA) is 95.6 Å². The smallest absolute Gasteiger partial charge is 0.199 e. The Hall–Kier alpha value is -1.92. The Morgan fingerprint density at radius 1 is 1.50 bits per heavy atom. The highest BCUT2D eigenvalue weighted by Gasteiger charge is 2.13. The van der Waals surface area contributed by atoms with Crippen LogP contribution in [0, 0.1) is 0 Å². The number of hydrogen-bond donors (Lipinski definition) is 1. The fourth-order valence-electron chi connectivity index (χ4n) is 0.848. The summed E-state index contributed by atoms with van der Waals surface area (Å²) in [5.74, 6) is 0.750. The highest BCUT2D eigenvalue weighted by atomic mass is 16.6. The SMILES string of the molecule is Cn1cnnc1-c1nonc1N. The molecular formula is C5H6N6O. The average Bonchev–Trinajstić information content (AvgIpc) is 2.59. The summed E-state index contributed by atoms with van der Waals surface area (Å²) >= 11 is 0. The van der Waals surface area contributed by atoms with Gasteiger partial charge in [0.15, 0.2) is 17.3 Å². The fourth-order valence-corrected chi connectivity index (χ4v) is 0.848. The number of nitrogens with two attached hydrogens (primary N) is 1. The van der Waals surface area contributed by atoms with Crippen LogP contribution >= 0.6 is 0 Å². The van der Waals surface area contributed by atoms with Gasteiger partial charge in [0.05, 0.1) is 0 Å². The largest absolute Gasteiger partial charge is 0.379 e. The zero-order valence-electron chi connectivity index (χ0n) is 6.30. The van der Waals surface area contributed by atoms with E-state index in [2.05, 4.69) is 25.1 Å². The van der Waals surface area contributed by atoms with Crippen LogP contribution in [0.25, 0.3) is 11.5 Å². The quantitative estimate of drug-likeness (QED) is 0.610. The molecule has 0 fully saturated rings. The molecule has 2 N–H and O–H groups in total. The molecule has 0 aromatic carbocycles. The van der Waals surface area contributed by atoms with Crippen LogP contribution in [0.4, 0.5) is 5.82 Å². The molecular weight excluding hydrogens is 160 g/mol. The number of nitrogens with zero attached hydrogens (tertiary/aromatic N) is 5. The Labute approximate surface area is 67.2 Å². The van der Waals surface area contributed by atoms with E-state index in [-0.39, 0.29) is 5.82 Å². The molecule has 62 valence electrons. The normalized spacial score (nSPS) is 10.4. The van der Waals surface area contributed by atoms with Crippen LogP contribution in [-0.2, 0) is 7.05 Å². The van der Waals surface area contributed by atoms with E-state index in [1.54, 1.807) is 17.9 Å². The third-order valence-electron chi connectivity index (χ3n) is 1.44. The first-order valence-corrected chi connectivity index (χ1v) is 3.21. The molecule has 0 radical (unpaired) electrons. The Morgan fingerprint density at radius 3 is 2.83 bits per heavy atom. The van der Waals surface area contributed by atoms with Gasteiger partial charge >= 0.3 is 0 Å². The van der Waals surface area contributed by atoms with Crippen LogP contribution in [0.5, 0.6) is 0 Å². The summed E-state index contributed by atoms with van der Waals surface area (Å²) in [4.78, 5) is 0. The minimum atomic E-state index is 0.214. The highest BCUT2D eigenvalue weighted by Crippen LogP contribution is 2.17. The van der Waals surface area contributed by atoms with Gasteiger partial charge in [-0.2, -0.15) is 0 Å². The Balaban J connectivity index is 2.57. The van der Waals surface area contributed by atoms with Crippen molar-refractivity contribution in [2.75, 3.05) is 5.73 Å². The number of aryl methyl sites for hydroxylation is 1. The van der Waals surface area contributed by atoms with Gasteiger partial charge in [0.25, 0.3) is 0 Å². The van der Waals surface area contributed by atoms with Crippen LogP contribution in [0.15, 0.2) is 11.0 Å². The van der Waals surface area contributed by atoms with Crippen LogP contribution in [0.1, 0.15) is 0 Å². The van der Waals surface area contributed by atoms with Crippen molar-refractivity contribution in [3.8, 4) is 11.5 Å². The first-order valence-electron chi connectivity index (χ1n) is 3.21. The molecule has 0 aliphatic carbocycles. The number of hydrogen-bond acceptors (Lipinski definition) is 6.